The van der Waals surface area contributed by atoms with Gasteiger partial charge in [0.15, 0.2) is 0 Å². The van der Waals surface area contributed by atoms with Crippen LogP contribution >= 0.6 is 23.2 Å². The Kier molecular flexibility index (Phi) is 2.85. The van der Waals surface area contributed by atoms with Crippen molar-refractivity contribution in [3.63, 3.8) is 0 Å². The topological polar surface area (TPSA) is 17.8 Å². The molecule has 0 amide bonds. The Bertz CT molecular complexity index is 537. The molecule has 0 radical (unpaired) electrons. The van der Waals surface area contributed by atoms with Gasteiger partial charge in [0.05, 0.1) is 10.7 Å². The molecule has 0 atom stereocenters. The molecule has 17 heavy (non-hydrogen) atoms. The number of benzene rings is 1. The largest absolute Gasteiger partial charge is 0.334 e. The van der Waals surface area contributed by atoms with Crippen molar-refractivity contribution >= 4 is 23.2 Å². The summed E-state index contributed by atoms with van der Waals surface area (Å²) in [6.45, 7) is 1.06. The van der Waals surface area contributed by atoms with Crippen LogP contribution in [-0.4, -0.2) is 9.55 Å². The molecule has 2 aromatic rings. The van der Waals surface area contributed by atoms with Crippen LogP contribution in [0.2, 0.25) is 10.0 Å². The van der Waals surface area contributed by atoms with E-state index in [0.717, 1.165) is 30.0 Å². The van der Waals surface area contributed by atoms with E-state index >= 15 is 0 Å². The number of aromatic nitrogens is 2. The Morgan fingerprint density at radius 2 is 2.06 bits per heavy atom. The fraction of sp³-hybridized carbons (Fsp3) is 0.308. The van der Waals surface area contributed by atoms with Gasteiger partial charge < -0.3 is 4.57 Å². The number of aryl methyl sites for hydroxylation is 2. The van der Waals surface area contributed by atoms with E-state index in [2.05, 4.69) is 15.7 Å². The predicted octanol–water partition coefficient (Wildman–Crippen LogP) is 4.19. The van der Waals surface area contributed by atoms with Gasteiger partial charge in [-0.05, 0) is 31.0 Å². The van der Waals surface area contributed by atoms with Crippen molar-refractivity contribution in [1.29, 1.82) is 0 Å². The first-order valence-electron chi connectivity index (χ1n) is 5.75. The number of nitrogens with zero attached hydrogens (tertiary/aromatic N) is 2. The molecule has 0 saturated carbocycles. The molecular formula is C13H12Cl2N2. The molecule has 1 aromatic carbocycles. The minimum atomic E-state index is 0.655. The van der Waals surface area contributed by atoms with Crippen LogP contribution in [0.15, 0.2) is 24.4 Å². The Morgan fingerprint density at radius 3 is 2.82 bits per heavy atom. The van der Waals surface area contributed by atoms with Crippen LogP contribution in [0.3, 0.4) is 0 Å². The third-order valence-corrected chi connectivity index (χ3v) is 3.66. The van der Waals surface area contributed by atoms with Crippen LogP contribution in [0, 0.1) is 0 Å². The third-order valence-electron chi connectivity index (χ3n) is 3.12. The van der Waals surface area contributed by atoms with E-state index < -0.39 is 0 Å². The molecule has 0 aliphatic carbocycles. The maximum Gasteiger partial charge on any atom is 0.109 e. The highest BCUT2D eigenvalue weighted by Gasteiger charge is 2.14. The van der Waals surface area contributed by atoms with Crippen molar-refractivity contribution < 1.29 is 0 Å². The minimum Gasteiger partial charge on any atom is -0.334 e. The first-order valence-corrected chi connectivity index (χ1v) is 6.51. The Hall–Kier alpha value is -0.990. The highest BCUT2D eigenvalue weighted by Crippen LogP contribution is 2.30. The van der Waals surface area contributed by atoms with Crippen molar-refractivity contribution in [3.8, 4) is 11.3 Å². The second-order valence-corrected chi connectivity index (χ2v) is 5.16. The molecule has 2 nitrogen and oxygen atoms in total. The normalized spacial score (nSPS) is 14.7. The second-order valence-electron chi connectivity index (χ2n) is 4.32. The van der Waals surface area contributed by atoms with Gasteiger partial charge in [-0.25, -0.2) is 4.98 Å². The maximum absolute atomic E-state index is 6.19. The summed E-state index contributed by atoms with van der Waals surface area (Å²) in [5.74, 6) is 1.16. The first kappa shape index (κ1) is 11.1. The summed E-state index contributed by atoms with van der Waals surface area (Å²) >= 11 is 12.1. The summed E-state index contributed by atoms with van der Waals surface area (Å²) in [5, 5.41) is 1.32. The molecule has 0 fully saturated rings. The Balaban J connectivity index is 2.06. The van der Waals surface area contributed by atoms with Crippen LogP contribution < -0.4 is 0 Å². The fourth-order valence-electron chi connectivity index (χ4n) is 2.24. The summed E-state index contributed by atoms with van der Waals surface area (Å²) in [4.78, 5) is 4.65. The van der Waals surface area contributed by atoms with Crippen molar-refractivity contribution in [2.75, 3.05) is 0 Å². The van der Waals surface area contributed by atoms with Crippen LogP contribution in [0.4, 0.5) is 0 Å². The molecule has 0 saturated heterocycles. The van der Waals surface area contributed by atoms with Crippen molar-refractivity contribution in [1.82, 2.24) is 9.55 Å². The van der Waals surface area contributed by atoms with E-state index in [4.69, 9.17) is 23.2 Å². The quantitative estimate of drug-likeness (QED) is 0.757. The van der Waals surface area contributed by atoms with Gasteiger partial charge in [0.1, 0.15) is 5.82 Å². The van der Waals surface area contributed by atoms with E-state index in [9.17, 15) is 0 Å². The third kappa shape index (κ3) is 2.07. The number of imidazole rings is 1. The lowest BCUT2D eigenvalue weighted by molar-refractivity contribution is 0.522. The highest BCUT2D eigenvalue weighted by atomic mass is 35.5. The second kappa shape index (κ2) is 4.35. The molecule has 4 heteroatoms. The van der Waals surface area contributed by atoms with Crippen molar-refractivity contribution in [2.24, 2.45) is 0 Å². The summed E-state index contributed by atoms with van der Waals surface area (Å²) in [7, 11) is 0. The van der Waals surface area contributed by atoms with Gasteiger partial charge in [-0.15, -0.1) is 0 Å². The minimum absolute atomic E-state index is 0.655. The molecule has 1 aliphatic heterocycles. The highest BCUT2D eigenvalue weighted by molar-refractivity contribution is 6.36. The van der Waals surface area contributed by atoms with Gasteiger partial charge in [0.2, 0.25) is 0 Å². The molecule has 0 bridgehead atoms. The van der Waals surface area contributed by atoms with Crippen LogP contribution in [0.25, 0.3) is 11.3 Å². The van der Waals surface area contributed by atoms with Gasteiger partial charge in [-0.2, -0.15) is 0 Å². The van der Waals surface area contributed by atoms with Crippen molar-refractivity contribution in [2.45, 2.75) is 25.8 Å². The van der Waals surface area contributed by atoms with E-state index in [1.165, 1.54) is 12.8 Å². The average Bonchev–Trinajstić information content (AvgIpc) is 2.72. The smallest absolute Gasteiger partial charge is 0.109 e. The Morgan fingerprint density at radius 1 is 1.18 bits per heavy atom. The van der Waals surface area contributed by atoms with E-state index in [1.54, 1.807) is 6.07 Å². The van der Waals surface area contributed by atoms with Crippen molar-refractivity contribution in [3.05, 3.63) is 40.3 Å². The number of rotatable bonds is 1. The van der Waals surface area contributed by atoms with Gasteiger partial charge in [-0.3, -0.25) is 0 Å². The zero-order valence-corrected chi connectivity index (χ0v) is 10.8. The van der Waals surface area contributed by atoms with Gasteiger partial charge in [-0.1, -0.05) is 23.2 Å². The molecule has 0 N–H and O–H groups in total. The van der Waals surface area contributed by atoms with Gasteiger partial charge >= 0.3 is 0 Å². The Labute approximate surface area is 110 Å². The van der Waals surface area contributed by atoms with Crippen LogP contribution in [0.1, 0.15) is 18.7 Å². The zero-order valence-electron chi connectivity index (χ0n) is 9.29. The van der Waals surface area contributed by atoms with E-state index in [0.29, 0.717) is 10.0 Å². The molecular weight excluding hydrogens is 255 g/mol. The molecule has 0 spiro atoms. The van der Waals surface area contributed by atoms with Crippen LogP contribution in [0.5, 0.6) is 0 Å². The van der Waals surface area contributed by atoms with Crippen LogP contribution in [-0.2, 0) is 13.0 Å². The lowest BCUT2D eigenvalue weighted by atomic mass is 10.2. The number of halogens is 2. The maximum atomic E-state index is 6.19. The SMILES string of the molecule is Clc1ccc(-c2cn3c(n2)CCCC3)c(Cl)c1. The molecule has 0 unspecified atom stereocenters. The lowest BCUT2D eigenvalue weighted by Crippen LogP contribution is -2.08. The molecule has 88 valence electrons. The molecule has 1 aliphatic rings. The summed E-state index contributed by atoms with van der Waals surface area (Å²) in [6, 6.07) is 5.54. The first-order chi connectivity index (χ1) is 8.24. The number of fused-ring (bicyclic) bond motifs is 1. The molecule has 2 heterocycles. The summed E-state index contributed by atoms with van der Waals surface area (Å²) in [6.07, 6.45) is 5.61. The van der Waals surface area contributed by atoms with Gasteiger partial charge in [0.25, 0.3) is 0 Å². The average molecular weight is 267 g/mol. The molecule has 3 rings (SSSR count). The fourth-order valence-corrected chi connectivity index (χ4v) is 2.74. The summed E-state index contributed by atoms with van der Waals surface area (Å²) in [5.41, 5.74) is 1.90. The number of hydrogen-bond acceptors (Lipinski definition) is 1. The van der Waals surface area contributed by atoms with Gasteiger partial charge in [0, 0.05) is 29.7 Å². The number of hydrogen-bond donors (Lipinski definition) is 0. The standard InChI is InChI=1S/C13H12Cl2N2/c14-9-4-5-10(11(15)7-9)12-8-17-6-2-1-3-13(17)16-12/h4-5,7-8H,1-3,6H2. The van der Waals surface area contributed by atoms with E-state index in [-0.39, 0.29) is 0 Å². The van der Waals surface area contributed by atoms with E-state index in [1.807, 2.05) is 12.1 Å². The zero-order chi connectivity index (χ0) is 11.8. The molecule has 1 aromatic heterocycles. The lowest BCUT2D eigenvalue weighted by Gasteiger charge is -2.11. The summed E-state index contributed by atoms with van der Waals surface area (Å²) < 4.78 is 2.23. The predicted molar refractivity (Wildman–Crippen MR) is 70.6 cm³/mol. The monoisotopic (exact) mass is 266 g/mol.